The molecular weight excluding hydrogens is 324 g/mol. The van der Waals surface area contributed by atoms with E-state index in [-0.39, 0.29) is 16.8 Å². The molecule has 8 heteroatoms. The number of hydrogen-bond acceptors (Lipinski definition) is 4. The van der Waals surface area contributed by atoms with Crippen LogP contribution in [0.3, 0.4) is 0 Å². The third-order valence-corrected chi connectivity index (χ3v) is 4.69. The molecule has 2 aliphatic rings. The number of halogens is 2. The van der Waals surface area contributed by atoms with E-state index >= 15 is 0 Å². The van der Waals surface area contributed by atoms with Crippen LogP contribution >= 0.6 is 11.8 Å². The Morgan fingerprint density at radius 2 is 1.96 bits per heavy atom. The van der Waals surface area contributed by atoms with Crippen LogP contribution in [0, 0.1) is 11.6 Å². The van der Waals surface area contributed by atoms with Gasteiger partial charge in [-0.15, -0.1) is 11.8 Å². The SMILES string of the molecule is CSc1ccc2c(n1)-c1c(F)cc(F)cc1C21NC(=O)NC1=O. The number of rotatable bonds is 1. The van der Waals surface area contributed by atoms with Gasteiger partial charge in [0.05, 0.1) is 10.7 Å². The summed E-state index contributed by atoms with van der Waals surface area (Å²) in [5.41, 5.74) is -0.983. The smallest absolute Gasteiger partial charge is 0.316 e. The number of benzene rings is 1. The van der Waals surface area contributed by atoms with Crippen molar-refractivity contribution in [1.82, 2.24) is 15.6 Å². The van der Waals surface area contributed by atoms with Gasteiger partial charge in [-0.1, -0.05) is 6.07 Å². The molecule has 4 rings (SSSR count). The number of fused-ring (bicyclic) bond motifs is 5. The number of hydrogen-bond donors (Lipinski definition) is 2. The fourth-order valence-corrected chi connectivity index (χ4v) is 3.52. The van der Waals surface area contributed by atoms with Crippen molar-refractivity contribution in [2.45, 2.75) is 10.6 Å². The average Bonchev–Trinajstić information content (AvgIpc) is 2.95. The molecule has 3 amide bonds. The highest BCUT2D eigenvalue weighted by atomic mass is 32.2. The Bertz CT molecular complexity index is 903. The monoisotopic (exact) mass is 333 g/mol. The number of imide groups is 1. The second-order valence-corrected chi connectivity index (χ2v) is 6.04. The van der Waals surface area contributed by atoms with Crippen LogP contribution in [-0.2, 0) is 10.3 Å². The second kappa shape index (κ2) is 4.51. The van der Waals surface area contributed by atoms with Gasteiger partial charge < -0.3 is 5.32 Å². The summed E-state index contributed by atoms with van der Waals surface area (Å²) in [5.74, 6) is -2.32. The maximum atomic E-state index is 14.4. The number of urea groups is 1. The molecule has 0 saturated carbocycles. The van der Waals surface area contributed by atoms with E-state index in [2.05, 4.69) is 15.6 Å². The number of nitrogens with one attached hydrogen (secondary N) is 2. The molecule has 1 unspecified atom stereocenters. The average molecular weight is 333 g/mol. The van der Waals surface area contributed by atoms with Crippen LogP contribution in [0.15, 0.2) is 29.3 Å². The zero-order valence-electron chi connectivity index (χ0n) is 11.7. The minimum Gasteiger partial charge on any atom is -0.316 e. The third-order valence-electron chi connectivity index (χ3n) is 4.05. The first-order chi connectivity index (χ1) is 11.0. The zero-order valence-corrected chi connectivity index (χ0v) is 12.6. The summed E-state index contributed by atoms with van der Waals surface area (Å²) in [5, 5.41) is 5.26. The number of amides is 3. The summed E-state index contributed by atoms with van der Waals surface area (Å²) in [6.45, 7) is 0. The van der Waals surface area contributed by atoms with Gasteiger partial charge in [-0.2, -0.15) is 0 Å². The van der Waals surface area contributed by atoms with Gasteiger partial charge >= 0.3 is 6.03 Å². The Morgan fingerprint density at radius 1 is 1.17 bits per heavy atom. The van der Waals surface area contributed by atoms with Gasteiger partial charge in [0.2, 0.25) is 0 Å². The first-order valence-corrected chi connectivity index (χ1v) is 7.89. The van der Waals surface area contributed by atoms with Crippen molar-refractivity contribution in [3.63, 3.8) is 0 Å². The molecule has 1 fully saturated rings. The maximum Gasteiger partial charge on any atom is 0.322 e. The maximum absolute atomic E-state index is 14.4. The number of aromatic nitrogens is 1. The molecule has 2 aromatic rings. The van der Waals surface area contributed by atoms with Gasteiger partial charge in [-0.3, -0.25) is 10.1 Å². The highest BCUT2D eigenvalue weighted by molar-refractivity contribution is 7.98. The Labute approximate surface area is 133 Å². The standard InChI is InChI=1S/C15H9F2N3O2S/c1-23-10-3-2-7-12(18-10)11-8(4-6(16)5-9(11)17)15(7)13(21)19-14(22)20-15/h2-5H,1H3,(H2,19,20,21,22). The highest BCUT2D eigenvalue weighted by Crippen LogP contribution is 2.49. The fraction of sp³-hybridized carbons (Fsp3) is 0.133. The molecule has 1 aromatic carbocycles. The Hall–Kier alpha value is -2.48. The summed E-state index contributed by atoms with van der Waals surface area (Å²) in [6.07, 6.45) is 1.81. The predicted octanol–water partition coefficient (Wildman–Crippen LogP) is 2.15. The fourth-order valence-electron chi connectivity index (χ4n) is 3.14. The molecule has 2 N–H and O–H groups in total. The molecule has 1 aliphatic heterocycles. The predicted molar refractivity (Wildman–Crippen MR) is 78.8 cm³/mol. The lowest BCUT2D eigenvalue weighted by atomic mass is 9.88. The topological polar surface area (TPSA) is 71.1 Å². The number of pyridine rings is 1. The molecule has 1 aliphatic carbocycles. The van der Waals surface area contributed by atoms with E-state index < -0.39 is 29.1 Å². The van der Waals surface area contributed by atoms with Crippen LogP contribution in [0.2, 0.25) is 0 Å². The Kier molecular flexibility index (Phi) is 2.77. The number of thioether (sulfide) groups is 1. The van der Waals surface area contributed by atoms with Crippen molar-refractivity contribution < 1.29 is 18.4 Å². The lowest BCUT2D eigenvalue weighted by molar-refractivity contribution is -0.122. The summed E-state index contributed by atoms with van der Waals surface area (Å²) in [7, 11) is 0. The van der Waals surface area contributed by atoms with Crippen LogP contribution in [0.5, 0.6) is 0 Å². The van der Waals surface area contributed by atoms with E-state index in [1.165, 1.54) is 11.8 Å². The molecule has 2 heterocycles. The lowest BCUT2D eigenvalue weighted by Crippen LogP contribution is -2.43. The molecule has 1 aromatic heterocycles. The number of nitrogens with zero attached hydrogens (tertiary/aromatic N) is 1. The van der Waals surface area contributed by atoms with E-state index in [9.17, 15) is 18.4 Å². The van der Waals surface area contributed by atoms with Crippen molar-refractivity contribution in [2.75, 3.05) is 6.26 Å². The molecule has 1 spiro atoms. The molecule has 116 valence electrons. The highest BCUT2D eigenvalue weighted by Gasteiger charge is 2.56. The normalized spacial score (nSPS) is 21.2. The van der Waals surface area contributed by atoms with Gasteiger partial charge in [-0.05, 0) is 18.4 Å². The molecule has 1 atom stereocenters. The van der Waals surface area contributed by atoms with E-state index in [4.69, 9.17) is 0 Å². The zero-order chi connectivity index (χ0) is 16.4. The van der Waals surface area contributed by atoms with Crippen LogP contribution in [0.25, 0.3) is 11.3 Å². The van der Waals surface area contributed by atoms with Gasteiger partial charge in [0.25, 0.3) is 5.91 Å². The minimum absolute atomic E-state index is 0.0367. The van der Waals surface area contributed by atoms with Crippen molar-refractivity contribution in [3.8, 4) is 11.3 Å². The second-order valence-electron chi connectivity index (χ2n) is 5.22. The summed E-state index contributed by atoms with van der Waals surface area (Å²) >= 11 is 1.36. The van der Waals surface area contributed by atoms with Crippen LogP contribution in [0.1, 0.15) is 11.1 Å². The van der Waals surface area contributed by atoms with Crippen LogP contribution < -0.4 is 10.6 Å². The molecular formula is C15H9F2N3O2S. The quantitative estimate of drug-likeness (QED) is 0.620. The first-order valence-electron chi connectivity index (χ1n) is 6.66. The molecule has 23 heavy (non-hydrogen) atoms. The van der Waals surface area contributed by atoms with Crippen molar-refractivity contribution in [2.24, 2.45) is 0 Å². The Morgan fingerprint density at radius 3 is 2.61 bits per heavy atom. The van der Waals surface area contributed by atoms with Crippen LogP contribution in [-0.4, -0.2) is 23.2 Å². The lowest BCUT2D eigenvalue weighted by Gasteiger charge is -2.22. The van der Waals surface area contributed by atoms with Gasteiger partial charge in [-0.25, -0.2) is 18.6 Å². The number of carbonyl (C=O) groups excluding carboxylic acids is 2. The Balaban J connectivity index is 2.12. The number of carbonyl (C=O) groups is 2. The molecule has 0 bridgehead atoms. The third kappa shape index (κ3) is 1.69. The largest absolute Gasteiger partial charge is 0.322 e. The van der Waals surface area contributed by atoms with Crippen LogP contribution in [0.4, 0.5) is 13.6 Å². The summed E-state index contributed by atoms with van der Waals surface area (Å²) in [6, 6.07) is 4.36. The molecule has 0 radical (unpaired) electrons. The van der Waals surface area contributed by atoms with Crippen molar-refractivity contribution >= 4 is 23.7 Å². The van der Waals surface area contributed by atoms with Crippen molar-refractivity contribution in [1.29, 1.82) is 0 Å². The van der Waals surface area contributed by atoms with Gasteiger partial charge in [0.15, 0.2) is 5.54 Å². The molecule has 5 nitrogen and oxygen atoms in total. The van der Waals surface area contributed by atoms with Crippen molar-refractivity contribution in [3.05, 3.63) is 47.0 Å². The van der Waals surface area contributed by atoms with E-state index in [1.54, 1.807) is 12.1 Å². The van der Waals surface area contributed by atoms with E-state index in [1.807, 2.05) is 6.26 Å². The minimum atomic E-state index is -1.64. The summed E-state index contributed by atoms with van der Waals surface area (Å²) < 4.78 is 28.1. The first kappa shape index (κ1) is 14.1. The van der Waals surface area contributed by atoms with Gasteiger partial charge in [0.1, 0.15) is 11.6 Å². The van der Waals surface area contributed by atoms with E-state index in [0.29, 0.717) is 10.6 Å². The molecule has 1 saturated heterocycles. The van der Waals surface area contributed by atoms with Gasteiger partial charge in [0, 0.05) is 22.8 Å². The summed E-state index contributed by atoms with van der Waals surface area (Å²) in [4.78, 5) is 28.5. The van der Waals surface area contributed by atoms with E-state index in [0.717, 1.165) is 12.1 Å².